The summed E-state index contributed by atoms with van der Waals surface area (Å²) in [5.74, 6) is -0.493. The molecule has 0 saturated heterocycles. The highest BCUT2D eigenvalue weighted by Gasteiger charge is 2.42. The third kappa shape index (κ3) is 2.75. The van der Waals surface area contributed by atoms with Gasteiger partial charge in [0, 0.05) is 11.0 Å². The van der Waals surface area contributed by atoms with Crippen LogP contribution in [0.15, 0.2) is 33.6 Å². The van der Waals surface area contributed by atoms with E-state index < -0.39 is 20.5 Å². The highest BCUT2D eigenvalue weighted by Crippen LogP contribution is 2.26. The van der Waals surface area contributed by atoms with Crippen molar-refractivity contribution in [1.29, 1.82) is 0 Å². The van der Waals surface area contributed by atoms with Gasteiger partial charge in [0.15, 0.2) is 9.84 Å². The fraction of sp³-hybridized carbons (Fsp3) is 0.417. The Bertz CT molecular complexity index is 535. The Hall–Kier alpha value is -0.880. The van der Waals surface area contributed by atoms with Gasteiger partial charge in [-0.25, -0.2) is 8.42 Å². The van der Waals surface area contributed by atoms with Crippen molar-refractivity contribution in [2.24, 2.45) is 0 Å². The molecule has 18 heavy (non-hydrogen) atoms. The van der Waals surface area contributed by atoms with Gasteiger partial charge in [0.1, 0.15) is 4.75 Å². The van der Waals surface area contributed by atoms with Crippen LogP contribution in [0.4, 0.5) is 0 Å². The zero-order chi connectivity index (χ0) is 14.0. The zero-order valence-electron chi connectivity index (χ0n) is 10.5. The molecule has 0 bridgehead atoms. The lowest BCUT2D eigenvalue weighted by atomic mass is 10.2. The third-order valence-corrected chi connectivity index (χ3v) is 5.63. The summed E-state index contributed by atoms with van der Waals surface area (Å²) >= 11 is 3.24. The molecule has 4 nitrogen and oxygen atoms in total. The van der Waals surface area contributed by atoms with E-state index in [2.05, 4.69) is 21.2 Å². The molecule has 1 N–H and O–H groups in total. The van der Waals surface area contributed by atoms with Gasteiger partial charge in [0.05, 0.1) is 4.90 Å². The second kappa shape index (κ2) is 5.40. The van der Waals surface area contributed by atoms with E-state index in [1.54, 1.807) is 19.1 Å². The van der Waals surface area contributed by atoms with Crippen LogP contribution in [0.5, 0.6) is 0 Å². The lowest BCUT2D eigenvalue weighted by Gasteiger charge is -2.23. The summed E-state index contributed by atoms with van der Waals surface area (Å²) in [4.78, 5) is 12.0. The molecule has 0 spiro atoms. The minimum absolute atomic E-state index is 0.141. The van der Waals surface area contributed by atoms with Crippen LogP contribution in [0.3, 0.4) is 0 Å². The highest BCUT2D eigenvalue weighted by molar-refractivity contribution is 9.10. The first-order valence-electron chi connectivity index (χ1n) is 5.52. The number of nitrogens with one attached hydrogen (secondary N) is 1. The Morgan fingerprint density at radius 2 is 1.78 bits per heavy atom. The molecule has 0 aliphatic heterocycles. The standard InChI is InChI=1S/C12H16BrNO3S/c1-4-14-11(15)12(2,3)18(16,17)10-7-5-9(13)6-8-10/h5-8H,4H2,1-3H3,(H,14,15). The van der Waals surface area contributed by atoms with E-state index in [1.165, 1.54) is 26.0 Å². The maximum atomic E-state index is 12.4. The van der Waals surface area contributed by atoms with E-state index in [0.717, 1.165) is 4.47 Å². The number of rotatable bonds is 4. The summed E-state index contributed by atoms with van der Waals surface area (Å²) in [6.07, 6.45) is 0. The molecule has 6 heteroatoms. The molecule has 0 unspecified atom stereocenters. The smallest absolute Gasteiger partial charge is 0.241 e. The van der Waals surface area contributed by atoms with Gasteiger partial charge in [-0.2, -0.15) is 0 Å². The van der Waals surface area contributed by atoms with Gasteiger partial charge in [-0.3, -0.25) is 4.79 Å². The van der Waals surface area contributed by atoms with Crippen LogP contribution in [0, 0.1) is 0 Å². The molecule has 1 aromatic carbocycles. The molecule has 0 radical (unpaired) electrons. The second-order valence-corrected chi connectivity index (χ2v) is 7.74. The van der Waals surface area contributed by atoms with Gasteiger partial charge in [-0.15, -0.1) is 0 Å². The van der Waals surface area contributed by atoms with E-state index in [-0.39, 0.29) is 4.90 Å². The molecule has 0 fully saturated rings. The topological polar surface area (TPSA) is 63.2 Å². The molecule has 100 valence electrons. The Morgan fingerprint density at radius 1 is 1.28 bits per heavy atom. The summed E-state index contributed by atoms with van der Waals surface area (Å²) in [7, 11) is -3.71. The van der Waals surface area contributed by atoms with E-state index in [0.29, 0.717) is 6.54 Å². The molecule has 1 rings (SSSR count). The van der Waals surface area contributed by atoms with Crippen molar-refractivity contribution in [2.75, 3.05) is 6.54 Å². The minimum Gasteiger partial charge on any atom is -0.355 e. The zero-order valence-corrected chi connectivity index (χ0v) is 12.9. The minimum atomic E-state index is -3.71. The second-order valence-electron chi connectivity index (χ2n) is 4.33. The summed E-state index contributed by atoms with van der Waals surface area (Å²) in [5, 5.41) is 2.55. The van der Waals surface area contributed by atoms with Crippen LogP contribution in [-0.4, -0.2) is 25.6 Å². The largest absolute Gasteiger partial charge is 0.355 e. The first-order chi connectivity index (χ1) is 8.23. The number of carbonyl (C=O) groups excluding carboxylic acids is 1. The lowest BCUT2D eigenvalue weighted by molar-refractivity contribution is -0.122. The molecular formula is C12H16BrNO3S. The first kappa shape index (κ1) is 15.2. The van der Waals surface area contributed by atoms with Crippen LogP contribution in [-0.2, 0) is 14.6 Å². The van der Waals surface area contributed by atoms with Crippen LogP contribution >= 0.6 is 15.9 Å². The van der Waals surface area contributed by atoms with Gasteiger partial charge >= 0.3 is 0 Å². The van der Waals surface area contributed by atoms with Gasteiger partial charge in [0.2, 0.25) is 5.91 Å². The SMILES string of the molecule is CCNC(=O)C(C)(C)S(=O)(=O)c1ccc(Br)cc1. The Kier molecular flexibility index (Phi) is 4.55. The van der Waals surface area contributed by atoms with Crippen molar-refractivity contribution in [1.82, 2.24) is 5.32 Å². The molecule has 0 atom stereocenters. The Labute approximate surface area is 116 Å². The van der Waals surface area contributed by atoms with Crippen molar-refractivity contribution >= 4 is 31.7 Å². The molecule has 1 aromatic rings. The molecule has 1 amide bonds. The average molecular weight is 334 g/mol. The van der Waals surface area contributed by atoms with E-state index in [9.17, 15) is 13.2 Å². The van der Waals surface area contributed by atoms with Crippen LogP contribution in [0.1, 0.15) is 20.8 Å². The number of hydrogen-bond acceptors (Lipinski definition) is 3. The van der Waals surface area contributed by atoms with Crippen molar-refractivity contribution < 1.29 is 13.2 Å². The molecule has 0 heterocycles. The number of sulfone groups is 1. The summed E-state index contributed by atoms with van der Waals surface area (Å²) in [5.41, 5.74) is 0. The average Bonchev–Trinajstić information content (AvgIpc) is 2.29. The fourth-order valence-corrected chi connectivity index (χ4v) is 3.07. The Morgan fingerprint density at radius 3 is 2.22 bits per heavy atom. The number of amides is 1. The van der Waals surface area contributed by atoms with Gasteiger partial charge < -0.3 is 5.32 Å². The first-order valence-corrected chi connectivity index (χ1v) is 7.79. The van der Waals surface area contributed by atoms with E-state index in [4.69, 9.17) is 0 Å². The maximum Gasteiger partial charge on any atom is 0.241 e. The summed E-state index contributed by atoms with van der Waals surface area (Å²) in [6, 6.07) is 6.25. The lowest BCUT2D eigenvalue weighted by Crippen LogP contribution is -2.47. The van der Waals surface area contributed by atoms with E-state index in [1.807, 2.05) is 0 Å². The number of hydrogen-bond donors (Lipinski definition) is 1. The van der Waals surface area contributed by atoms with Crippen molar-refractivity contribution in [3.05, 3.63) is 28.7 Å². The highest BCUT2D eigenvalue weighted by atomic mass is 79.9. The van der Waals surface area contributed by atoms with Gasteiger partial charge in [0.25, 0.3) is 0 Å². The molecule has 0 aromatic heterocycles. The number of benzene rings is 1. The molecule has 0 saturated carbocycles. The molecule has 0 aliphatic rings. The van der Waals surface area contributed by atoms with Crippen molar-refractivity contribution in [2.45, 2.75) is 30.4 Å². The number of carbonyl (C=O) groups is 1. The van der Waals surface area contributed by atoms with Crippen molar-refractivity contribution in [3.63, 3.8) is 0 Å². The normalized spacial score (nSPS) is 12.2. The van der Waals surface area contributed by atoms with Crippen molar-refractivity contribution in [3.8, 4) is 0 Å². The third-order valence-electron chi connectivity index (χ3n) is 2.68. The molecule has 0 aliphatic carbocycles. The van der Waals surface area contributed by atoms with Gasteiger partial charge in [-0.05, 0) is 45.0 Å². The molecular weight excluding hydrogens is 318 g/mol. The van der Waals surface area contributed by atoms with Gasteiger partial charge in [-0.1, -0.05) is 15.9 Å². The predicted molar refractivity (Wildman–Crippen MR) is 74.1 cm³/mol. The van der Waals surface area contributed by atoms with E-state index >= 15 is 0 Å². The van der Waals surface area contributed by atoms with Crippen LogP contribution in [0.2, 0.25) is 0 Å². The maximum absolute atomic E-state index is 12.4. The quantitative estimate of drug-likeness (QED) is 0.918. The summed E-state index contributed by atoms with van der Waals surface area (Å²) in [6.45, 7) is 4.98. The summed E-state index contributed by atoms with van der Waals surface area (Å²) < 4.78 is 24.1. The van der Waals surface area contributed by atoms with Crippen LogP contribution < -0.4 is 5.32 Å². The fourth-order valence-electron chi connectivity index (χ4n) is 1.40. The Balaban J connectivity index is 3.21. The number of halogens is 1. The monoisotopic (exact) mass is 333 g/mol. The van der Waals surface area contributed by atoms with Crippen LogP contribution in [0.25, 0.3) is 0 Å². The predicted octanol–water partition coefficient (Wildman–Crippen LogP) is 2.14.